The highest BCUT2D eigenvalue weighted by Crippen LogP contribution is 2.31. The number of H-pyrrole nitrogens is 1. The Bertz CT molecular complexity index is 1540. The highest BCUT2D eigenvalue weighted by molar-refractivity contribution is 5.83. The van der Waals surface area contributed by atoms with Crippen LogP contribution in [0.4, 0.5) is 11.4 Å². The Morgan fingerprint density at radius 2 is 1.71 bits per heavy atom. The molecular formula is C27H32N8O3. The number of benzene rings is 2. The summed E-state index contributed by atoms with van der Waals surface area (Å²) in [5.41, 5.74) is 4.05. The van der Waals surface area contributed by atoms with Crippen LogP contribution in [0.2, 0.25) is 0 Å². The number of fused-ring (bicyclic) bond motifs is 1. The molecule has 1 fully saturated rings. The zero-order valence-corrected chi connectivity index (χ0v) is 22.3. The molecule has 11 heteroatoms. The number of hydrogen-bond donors (Lipinski definition) is 1. The minimum absolute atomic E-state index is 0.0717. The molecule has 0 bridgehead atoms. The molecule has 0 radical (unpaired) electrons. The van der Waals surface area contributed by atoms with Gasteiger partial charge in [0.05, 0.1) is 16.0 Å². The Balaban J connectivity index is 1.53. The molecule has 0 aliphatic carbocycles. The van der Waals surface area contributed by atoms with Gasteiger partial charge in [0.2, 0.25) is 0 Å². The largest absolute Gasteiger partial charge is 0.369 e. The van der Waals surface area contributed by atoms with Crippen LogP contribution >= 0.6 is 0 Å². The molecule has 3 heterocycles. The van der Waals surface area contributed by atoms with Crippen molar-refractivity contribution in [2.45, 2.75) is 46.2 Å². The zero-order valence-electron chi connectivity index (χ0n) is 22.3. The predicted molar refractivity (Wildman–Crippen MR) is 146 cm³/mol. The van der Waals surface area contributed by atoms with Crippen LogP contribution in [0.5, 0.6) is 0 Å². The fraction of sp³-hybridized carbons (Fsp3) is 0.407. The third kappa shape index (κ3) is 4.76. The monoisotopic (exact) mass is 516 g/mol. The number of piperazine rings is 1. The summed E-state index contributed by atoms with van der Waals surface area (Å²) in [5, 5.41) is 24.7. The summed E-state index contributed by atoms with van der Waals surface area (Å²) < 4.78 is 1.80. The van der Waals surface area contributed by atoms with Crippen LogP contribution < -0.4 is 10.5 Å². The summed E-state index contributed by atoms with van der Waals surface area (Å²) in [6.45, 7) is 12.8. The molecule has 198 valence electrons. The van der Waals surface area contributed by atoms with Crippen LogP contribution in [0.15, 0.2) is 47.3 Å². The maximum absolute atomic E-state index is 13.6. The minimum atomic E-state index is -0.447. The van der Waals surface area contributed by atoms with Crippen LogP contribution in [-0.2, 0) is 5.54 Å². The molecule has 0 spiro atoms. The molecule has 4 aromatic rings. The van der Waals surface area contributed by atoms with E-state index < -0.39 is 11.0 Å². The molecule has 0 unspecified atom stereocenters. The lowest BCUT2D eigenvalue weighted by Crippen LogP contribution is -2.49. The van der Waals surface area contributed by atoms with E-state index >= 15 is 0 Å². The van der Waals surface area contributed by atoms with Gasteiger partial charge in [0.15, 0.2) is 5.82 Å². The number of nitrogens with one attached hydrogen (secondary N) is 1. The summed E-state index contributed by atoms with van der Waals surface area (Å²) in [7, 11) is 0. The van der Waals surface area contributed by atoms with Crippen LogP contribution in [0.1, 0.15) is 49.3 Å². The number of nitro groups is 1. The number of nitro benzene ring substituents is 1. The number of non-ortho nitro benzene ring substituents is 1. The third-order valence-electron chi connectivity index (χ3n) is 7.10. The quantitative estimate of drug-likeness (QED) is 0.314. The van der Waals surface area contributed by atoms with E-state index in [0.29, 0.717) is 37.6 Å². The maximum Gasteiger partial charge on any atom is 0.269 e. The second kappa shape index (κ2) is 9.64. The molecule has 1 aliphatic heterocycles. The van der Waals surface area contributed by atoms with Crippen molar-refractivity contribution in [2.75, 3.05) is 31.1 Å². The second-order valence-corrected chi connectivity index (χ2v) is 10.9. The van der Waals surface area contributed by atoms with Crippen molar-refractivity contribution < 1.29 is 4.92 Å². The van der Waals surface area contributed by atoms with E-state index in [2.05, 4.69) is 42.4 Å². The van der Waals surface area contributed by atoms with Gasteiger partial charge in [-0.25, -0.2) is 4.68 Å². The number of hydrogen-bond acceptors (Lipinski definition) is 8. The summed E-state index contributed by atoms with van der Waals surface area (Å²) >= 11 is 0. The normalized spacial score (nSPS) is 15.7. The van der Waals surface area contributed by atoms with Gasteiger partial charge in [-0.15, -0.1) is 5.10 Å². The van der Waals surface area contributed by atoms with Gasteiger partial charge in [-0.3, -0.25) is 19.8 Å². The van der Waals surface area contributed by atoms with Crippen LogP contribution in [0, 0.1) is 24.0 Å². The molecule has 0 amide bonds. The Kier molecular flexibility index (Phi) is 6.47. The van der Waals surface area contributed by atoms with Gasteiger partial charge in [-0.2, -0.15) is 0 Å². The molecule has 1 atom stereocenters. The molecule has 1 saturated heterocycles. The Morgan fingerprint density at radius 3 is 2.34 bits per heavy atom. The van der Waals surface area contributed by atoms with Crippen LogP contribution in [0.3, 0.4) is 0 Å². The predicted octanol–water partition coefficient (Wildman–Crippen LogP) is 3.71. The first-order valence-corrected chi connectivity index (χ1v) is 12.7. The van der Waals surface area contributed by atoms with Gasteiger partial charge in [0, 0.05) is 49.6 Å². The van der Waals surface area contributed by atoms with Crippen LogP contribution in [-0.4, -0.2) is 61.2 Å². The average molecular weight is 517 g/mol. The van der Waals surface area contributed by atoms with Crippen molar-refractivity contribution in [1.29, 1.82) is 0 Å². The van der Waals surface area contributed by atoms with E-state index in [1.807, 2.05) is 40.7 Å². The van der Waals surface area contributed by atoms with Gasteiger partial charge in [0.25, 0.3) is 11.2 Å². The van der Waals surface area contributed by atoms with Crippen molar-refractivity contribution >= 4 is 22.3 Å². The lowest BCUT2D eigenvalue weighted by atomic mass is 9.99. The number of nitrogens with zero attached hydrogens (tertiary/aromatic N) is 7. The van der Waals surface area contributed by atoms with Crippen molar-refractivity contribution in [1.82, 2.24) is 30.1 Å². The third-order valence-corrected chi connectivity index (χ3v) is 7.10. The van der Waals surface area contributed by atoms with Crippen molar-refractivity contribution in [3.8, 4) is 0 Å². The van der Waals surface area contributed by atoms with E-state index in [4.69, 9.17) is 0 Å². The number of aromatic amines is 1. The van der Waals surface area contributed by atoms with E-state index in [1.165, 1.54) is 12.1 Å². The number of tetrazole rings is 1. The number of pyridine rings is 1. The summed E-state index contributed by atoms with van der Waals surface area (Å²) in [6.07, 6.45) is 0. The van der Waals surface area contributed by atoms with Crippen LogP contribution in [0.25, 0.3) is 10.9 Å². The van der Waals surface area contributed by atoms with Crippen molar-refractivity contribution in [2.24, 2.45) is 0 Å². The molecule has 5 rings (SSSR count). The van der Waals surface area contributed by atoms with Gasteiger partial charge in [0.1, 0.15) is 6.04 Å². The molecule has 2 aromatic heterocycles. The van der Waals surface area contributed by atoms with Crippen molar-refractivity contribution in [3.05, 3.63) is 85.4 Å². The minimum Gasteiger partial charge on any atom is -0.369 e. The molecular weight excluding hydrogens is 484 g/mol. The Labute approximate surface area is 220 Å². The molecule has 11 nitrogen and oxygen atoms in total. The van der Waals surface area contributed by atoms with Crippen molar-refractivity contribution in [3.63, 3.8) is 0 Å². The fourth-order valence-electron chi connectivity index (χ4n) is 5.27. The van der Waals surface area contributed by atoms with Gasteiger partial charge < -0.3 is 9.88 Å². The Hall–Kier alpha value is -4.12. The molecule has 38 heavy (non-hydrogen) atoms. The van der Waals surface area contributed by atoms with E-state index in [-0.39, 0.29) is 16.8 Å². The maximum atomic E-state index is 13.6. The number of anilines is 1. The average Bonchev–Trinajstić information content (AvgIpc) is 3.36. The highest BCUT2D eigenvalue weighted by atomic mass is 16.6. The molecule has 1 aliphatic rings. The number of rotatable bonds is 5. The topological polar surface area (TPSA) is 126 Å². The zero-order chi connectivity index (χ0) is 27.2. The smallest absolute Gasteiger partial charge is 0.269 e. The van der Waals surface area contributed by atoms with E-state index in [9.17, 15) is 14.9 Å². The van der Waals surface area contributed by atoms with Gasteiger partial charge in [-0.1, -0.05) is 11.6 Å². The second-order valence-electron chi connectivity index (χ2n) is 10.9. The standard InChI is InChI=1S/C27H32N8O3/c1-17-14-18(2)23-19(15-17)16-22(26(36)28-23)24(25-29-30-31-34(25)27(3,4)5)33-12-10-32(11-13-33)20-6-8-21(9-7-20)35(37)38/h6-9,14-16,24H,10-13H2,1-5H3,(H,28,36)/t24-/m0/s1. The lowest BCUT2D eigenvalue weighted by Gasteiger charge is -2.40. The van der Waals surface area contributed by atoms with Gasteiger partial charge in [-0.05, 0) is 80.3 Å². The van der Waals surface area contributed by atoms with Gasteiger partial charge >= 0.3 is 0 Å². The SMILES string of the molecule is Cc1cc(C)c2[nH]c(=O)c([C@@H](c3nnnn3C(C)(C)C)N3CCN(c4ccc([N+](=O)[O-])cc4)CC3)cc2c1. The van der Waals surface area contributed by atoms with E-state index in [1.54, 1.807) is 16.8 Å². The Morgan fingerprint density at radius 1 is 1.03 bits per heavy atom. The summed E-state index contributed by atoms with van der Waals surface area (Å²) in [5.74, 6) is 0.621. The molecule has 0 saturated carbocycles. The number of aromatic nitrogens is 5. The first-order valence-electron chi connectivity index (χ1n) is 12.7. The molecule has 1 N–H and O–H groups in total. The first kappa shape index (κ1) is 25.5. The van der Waals surface area contributed by atoms with E-state index in [0.717, 1.165) is 27.7 Å². The summed E-state index contributed by atoms with van der Waals surface area (Å²) in [4.78, 5) is 31.8. The first-order chi connectivity index (χ1) is 18.0. The fourth-order valence-corrected chi connectivity index (χ4v) is 5.27. The lowest BCUT2D eigenvalue weighted by molar-refractivity contribution is -0.384. The highest BCUT2D eigenvalue weighted by Gasteiger charge is 2.35. The summed E-state index contributed by atoms with van der Waals surface area (Å²) in [6, 6.07) is 12.3. The molecule has 2 aromatic carbocycles. The number of aryl methyl sites for hydroxylation is 2.